The van der Waals surface area contributed by atoms with Gasteiger partial charge < -0.3 is 5.11 Å². The number of aliphatic hydroxyl groups is 1. The fourth-order valence-electron chi connectivity index (χ4n) is 1.56. The number of rotatable bonds is 2. The fraction of sp³-hybridized carbons (Fsp3) is 0.375. The van der Waals surface area contributed by atoms with Gasteiger partial charge in [-0.05, 0) is 63.1 Å². The summed E-state index contributed by atoms with van der Waals surface area (Å²) in [5.41, 5.74) is -0.853. The van der Waals surface area contributed by atoms with Crippen LogP contribution in [0.15, 0.2) is 36.7 Å². The summed E-state index contributed by atoms with van der Waals surface area (Å²) in [6.07, 6.45) is 3.08. The van der Waals surface area contributed by atoms with Gasteiger partial charge in [-0.2, -0.15) is 0 Å². The molecule has 3 nitrogen and oxygen atoms in total. The molecule has 2 aromatic rings. The third kappa shape index (κ3) is 6.26. The number of alkyl halides is 1. The summed E-state index contributed by atoms with van der Waals surface area (Å²) in [5, 5.41) is 10.3. The Hall–Kier alpha value is -1.23. The molecule has 0 aliphatic heterocycles. The first kappa shape index (κ1) is 18.8. The van der Waals surface area contributed by atoms with Gasteiger partial charge in [0.2, 0.25) is 0 Å². The molecule has 6 heteroatoms. The van der Waals surface area contributed by atoms with E-state index in [-0.39, 0.29) is 0 Å². The van der Waals surface area contributed by atoms with Gasteiger partial charge in [-0.25, -0.2) is 14.4 Å². The Labute approximate surface area is 140 Å². The maximum absolute atomic E-state index is 13.2. The van der Waals surface area contributed by atoms with Gasteiger partial charge in [0.25, 0.3) is 0 Å². The highest BCUT2D eigenvalue weighted by Crippen LogP contribution is 2.25. The van der Waals surface area contributed by atoms with Crippen LogP contribution in [0.4, 0.5) is 4.39 Å². The van der Waals surface area contributed by atoms with Gasteiger partial charge in [-0.1, -0.05) is 23.2 Å². The molecule has 1 N–H and O–H groups in total. The van der Waals surface area contributed by atoms with E-state index in [0.29, 0.717) is 15.9 Å². The number of hydrogen-bond acceptors (Lipinski definition) is 3. The SMILES string of the molecule is CC(C)(F)c1ccnc(Cl)c1.CC(C)(O)c1ccnc(Cl)c1. The topological polar surface area (TPSA) is 46.0 Å². The van der Waals surface area contributed by atoms with E-state index < -0.39 is 11.3 Å². The molecule has 2 heterocycles. The molecule has 2 rings (SSSR count). The van der Waals surface area contributed by atoms with Gasteiger partial charge in [0.05, 0.1) is 5.60 Å². The summed E-state index contributed by atoms with van der Waals surface area (Å²) in [6.45, 7) is 6.38. The Bertz CT molecular complexity index is 567. The van der Waals surface area contributed by atoms with Crippen molar-refractivity contribution in [2.45, 2.75) is 39.0 Å². The minimum absolute atomic E-state index is 0.327. The molecule has 120 valence electrons. The molecule has 0 fully saturated rings. The van der Waals surface area contributed by atoms with Crippen molar-refractivity contribution < 1.29 is 9.50 Å². The van der Waals surface area contributed by atoms with Crippen LogP contribution < -0.4 is 0 Å². The molecule has 0 saturated heterocycles. The van der Waals surface area contributed by atoms with Crippen LogP contribution in [0.3, 0.4) is 0 Å². The van der Waals surface area contributed by atoms with Crippen molar-refractivity contribution in [2.24, 2.45) is 0 Å². The van der Waals surface area contributed by atoms with E-state index in [1.54, 1.807) is 38.2 Å². The van der Waals surface area contributed by atoms with E-state index in [9.17, 15) is 9.50 Å². The Morgan fingerprint density at radius 2 is 1.32 bits per heavy atom. The highest BCUT2D eigenvalue weighted by molar-refractivity contribution is 6.29. The van der Waals surface area contributed by atoms with Crippen molar-refractivity contribution in [3.05, 3.63) is 58.1 Å². The van der Waals surface area contributed by atoms with Crippen molar-refractivity contribution in [3.8, 4) is 0 Å². The smallest absolute Gasteiger partial charge is 0.130 e. The molecule has 0 bridgehead atoms. The van der Waals surface area contributed by atoms with E-state index >= 15 is 0 Å². The van der Waals surface area contributed by atoms with Crippen molar-refractivity contribution in [1.82, 2.24) is 9.97 Å². The minimum atomic E-state index is -1.34. The first-order valence-corrected chi connectivity index (χ1v) is 7.41. The summed E-state index contributed by atoms with van der Waals surface area (Å²) in [6, 6.07) is 6.54. The van der Waals surface area contributed by atoms with Gasteiger partial charge in [0, 0.05) is 12.4 Å². The lowest BCUT2D eigenvalue weighted by Gasteiger charge is -2.16. The quantitative estimate of drug-likeness (QED) is 0.788. The lowest BCUT2D eigenvalue weighted by molar-refractivity contribution is 0.0785. The third-order valence-electron chi connectivity index (χ3n) is 2.85. The van der Waals surface area contributed by atoms with Crippen LogP contribution in [0, 0.1) is 0 Å². The zero-order valence-electron chi connectivity index (χ0n) is 12.9. The van der Waals surface area contributed by atoms with Crippen molar-refractivity contribution in [3.63, 3.8) is 0 Å². The second-order valence-electron chi connectivity index (χ2n) is 5.77. The normalized spacial score (nSPS) is 11.6. The van der Waals surface area contributed by atoms with Gasteiger partial charge in [0.15, 0.2) is 0 Å². The predicted octanol–water partition coefficient (Wildman–Crippen LogP) is 4.90. The van der Waals surface area contributed by atoms with Crippen LogP contribution in [-0.4, -0.2) is 15.1 Å². The molecule has 2 aromatic heterocycles. The fourth-order valence-corrected chi connectivity index (χ4v) is 1.90. The Balaban J connectivity index is 0.000000220. The van der Waals surface area contributed by atoms with Gasteiger partial charge in [-0.3, -0.25) is 0 Å². The molecule has 0 aliphatic rings. The van der Waals surface area contributed by atoms with Crippen molar-refractivity contribution in [2.75, 3.05) is 0 Å². The summed E-state index contributed by atoms with van der Waals surface area (Å²) >= 11 is 11.2. The van der Waals surface area contributed by atoms with Crippen molar-refractivity contribution >= 4 is 23.2 Å². The maximum atomic E-state index is 13.2. The minimum Gasteiger partial charge on any atom is -0.386 e. The first-order valence-electron chi connectivity index (χ1n) is 6.65. The Morgan fingerprint density at radius 1 is 0.909 bits per heavy atom. The zero-order chi connectivity index (χ0) is 17.0. The summed E-state index contributed by atoms with van der Waals surface area (Å²) < 4.78 is 13.2. The standard InChI is InChI=1S/C8H9ClFN.C8H10ClNO/c1-8(2,10)6-3-4-11-7(9)5-6;1-8(2,11)6-3-4-10-7(9)5-6/h3-5H,1-2H3;3-5,11H,1-2H3. The molecular weight excluding hydrogens is 326 g/mol. The second kappa shape index (κ2) is 7.36. The summed E-state index contributed by atoms with van der Waals surface area (Å²) in [5.74, 6) is 0. The molecule has 0 amide bonds. The number of aromatic nitrogens is 2. The largest absolute Gasteiger partial charge is 0.386 e. The number of nitrogens with zero attached hydrogens (tertiary/aromatic N) is 2. The molecule has 0 aromatic carbocycles. The molecule has 22 heavy (non-hydrogen) atoms. The van der Waals surface area contributed by atoms with Crippen molar-refractivity contribution in [1.29, 1.82) is 0 Å². The van der Waals surface area contributed by atoms with E-state index in [1.165, 1.54) is 26.1 Å². The summed E-state index contributed by atoms with van der Waals surface area (Å²) in [7, 11) is 0. The molecule has 0 saturated carbocycles. The molecule has 0 aliphatic carbocycles. The average Bonchev–Trinajstić information content (AvgIpc) is 2.37. The molecular formula is C16H19Cl2FN2O. The van der Waals surface area contributed by atoms with Crippen LogP contribution >= 0.6 is 23.2 Å². The van der Waals surface area contributed by atoms with Crippen LogP contribution in [0.2, 0.25) is 10.3 Å². The van der Waals surface area contributed by atoms with Crippen LogP contribution in [0.25, 0.3) is 0 Å². The van der Waals surface area contributed by atoms with E-state index in [1.807, 2.05) is 0 Å². The highest BCUT2D eigenvalue weighted by atomic mass is 35.5. The lowest BCUT2D eigenvalue weighted by atomic mass is 10.0. The monoisotopic (exact) mass is 344 g/mol. The number of hydrogen-bond donors (Lipinski definition) is 1. The van der Waals surface area contributed by atoms with Gasteiger partial charge in [0.1, 0.15) is 16.0 Å². The molecule has 0 spiro atoms. The first-order chi connectivity index (χ1) is 10.00. The molecule has 0 atom stereocenters. The molecule has 0 unspecified atom stereocenters. The van der Waals surface area contributed by atoms with Crippen LogP contribution in [0.5, 0.6) is 0 Å². The van der Waals surface area contributed by atoms with E-state index in [4.69, 9.17) is 23.2 Å². The number of pyridine rings is 2. The van der Waals surface area contributed by atoms with Gasteiger partial charge >= 0.3 is 0 Å². The predicted molar refractivity (Wildman–Crippen MR) is 87.9 cm³/mol. The zero-order valence-corrected chi connectivity index (χ0v) is 14.5. The second-order valence-corrected chi connectivity index (χ2v) is 6.54. The third-order valence-corrected chi connectivity index (χ3v) is 3.26. The number of halogens is 3. The Morgan fingerprint density at radius 3 is 1.59 bits per heavy atom. The Kier molecular flexibility index (Phi) is 6.29. The maximum Gasteiger partial charge on any atom is 0.130 e. The van der Waals surface area contributed by atoms with Crippen LogP contribution in [0.1, 0.15) is 38.8 Å². The van der Waals surface area contributed by atoms with Gasteiger partial charge in [-0.15, -0.1) is 0 Å². The highest BCUT2D eigenvalue weighted by Gasteiger charge is 2.18. The molecule has 0 radical (unpaired) electrons. The van der Waals surface area contributed by atoms with E-state index in [2.05, 4.69) is 9.97 Å². The summed E-state index contributed by atoms with van der Waals surface area (Å²) in [4.78, 5) is 7.56. The lowest BCUT2D eigenvalue weighted by Crippen LogP contribution is -2.15. The van der Waals surface area contributed by atoms with E-state index in [0.717, 1.165) is 5.56 Å². The average molecular weight is 345 g/mol. The van der Waals surface area contributed by atoms with Crippen LogP contribution in [-0.2, 0) is 11.3 Å².